The molecule has 0 radical (unpaired) electrons. The lowest BCUT2D eigenvalue weighted by Crippen LogP contribution is -1.97. The molecular weight excluding hydrogens is 348 g/mol. The largest absolute Gasteiger partial charge is 0.464 e. The maximum Gasteiger partial charge on any atom is 0.137 e. The predicted molar refractivity (Wildman–Crippen MR) is 102 cm³/mol. The molecule has 0 atom stereocenters. The molecule has 0 amide bonds. The number of halogens is 1. The lowest BCUT2D eigenvalue weighted by molar-refractivity contribution is 0.610. The number of fused-ring (bicyclic) bond motifs is 1. The van der Waals surface area contributed by atoms with E-state index in [9.17, 15) is 0 Å². The van der Waals surface area contributed by atoms with Gasteiger partial charge in [-0.3, -0.25) is 0 Å². The highest BCUT2D eigenvalue weighted by atomic mass is 79.9. The van der Waals surface area contributed by atoms with E-state index in [4.69, 9.17) is 4.42 Å². The lowest BCUT2D eigenvalue weighted by Gasteiger charge is -2.16. The summed E-state index contributed by atoms with van der Waals surface area (Å²) in [7, 11) is 0. The van der Waals surface area contributed by atoms with Crippen LogP contribution in [-0.2, 0) is 0 Å². The molecular formula is C21H21BrO. The first-order valence-corrected chi connectivity index (χ1v) is 8.76. The molecule has 2 heteroatoms. The van der Waals surface area contributed by atoms with Crippen LogP contribution < -0.4 is 0 Å². The number of benzene rings is 2. The van der Waals surface area contributed by atoms with Crippen molar-refractivity contribution in [3.05, 3.63) is 75.0 Å². The summed E-state index contributed by atoms with van der Waals surface area (Å²) >= 11 is 3.80. The van der Waals surface area contributed by atoms with Crippen LogP contribution in [0.5, 0.6) is 0 Å². The Bertz CT molecular complexity index is 885. The first kappa shape index (κ1) is 16.1. The van der Waals surface area contributed by atoms with Crippen molar-refractivity contribution in [3.63, 3.8) is 0 Å². The van der Waals surface area contributed by atoms with Gasteiger partial charge in [0, 0.05) is 9.87 Å². The smallest absolute Gasteiger partial charge is 0.137 e. The quantitative estimate of drug-likeness (QED) is 0.488. The minimum absolute atomic E-state index is 0.963. The molecule has 0 unspecified atom stereocenters. The van der Waals surface area contributed by atoms with Gasteiger partial charge in [0.1, 0.15) is 5.58 Å². The van der Waals surface area contributed by atoms with Crippen molar-refractivity contribution in [1.29, 1.82) is 0 Å². The molecule has 1 nitrogen and oxygen atoms in total. The van der Waals surface area contributed by atoms with E-state index in [-0.39, 0.29) is 0 Å². The van der Waals surface area contributed by atoms with E-state index in [0.717, 1.165) is 12.0 Å². The minimum Gasteiger partial charge on any atom is -0.464 e. The van der Waals surface area contributed by atoms with Gasteiger partial charge in [0.2, 0.25) is 0 Å². The van der Waals surface area contributed by atoms with E-state index in [0.29, 0.717) is 0 Å². The second-order valence-electron chi connectivity index (χ2n) is 5.97. The van der Waals surface area contributed by atoms with Gasteiger partial charge in [0.15, 0.2) is 0 Å². The number of allylic oxidation sites excluding steroid dienone is 1. The Morgan fingerprint density at radius 2 is 1.74 bits per heavy atom. The van der Waals surface area contributed by atoms with Crippen molar-refractivity contribution < 1.29 is 4.42 Å². The molecule has 0 fully saturated rings. The Kier molecular flexibility index (Phi) is 4.45. The third kappa shape index (κ3) is 2.76. The standard InChI is InChI=1S/C21H21BrO/c1-5-19(22)20(16-9-7-6-8-10-16)18-11-17-13(2)12-23-21(17)15(4)14(18)3/h6-12H,5H2,1-4H3/b20-19+. The minimum atomic E-state index is 0.963. The molecule has 0 aliphatic heterocycles. The van der Waals surface area contributed by atoms with Crippen molar-refractivity contribution in [2.24, 2.45) is 0 Å². The summed E-state index contributed by atoms with van der Waals surface area (Å²) in [5, 5.41) is 1.20. The highest BCUT2D eigenvalue weighted by Gasteiger charge is 2.17. The lowest BCUT2D eigenvalue weighted by atomic mass is 9.89. The molecule has 0 saturated heterocycles. The Balaban J connectivity index is 2.36. The monoisotopic (exact) mass is 368 g/mol. The fourth-order valence-corrected chi connectivity index (χ4v) is 3.49. The van der Waals surface area contributed by atoms with Crippen LogP contribution in [0.4, 0.5) is 0 Å². The molecule has 3 aromatic rings. The Morgan fingerprint density at radius 1 is 1.04 bits per heavy atom. The molecule has 23 heavy (non-hydrogen) atoms. The van der Waals surface area contributed by atoms with E-state index in [1.807, 2.05) is 6.26 Å². The summed E-state index contributed by atoms with van der Waals surface area (Å²) in [5.41, 5.74) is 8.47. The number of hydrogen-bond donors (Lipinski definition) is 0. The summed E-state index contributed by atoms with van der Waals surface area (Å²) in [6.07, 6.45) is 2.81. The van der Waals surface area contributed by atoms with Gasteiger partial charge in [-0.25, -0.2) is 0 Å². The number of hydrogen-bond acceptors (Lipinski definition) is 1. The molecule has 0 aliphatic rings. The van der Waals surface area contributed by atoms with Crippen LogP contribution in [0.25, 0.3) is 16.5 Å². The third-order valence-electron chi connectivity index (χ3n) is 4.53. The van der Waals surface area contributed by atoms with Crippen LogP contribution >= 0.6 is 15.9 Å². The number of rotatable bonds is 3. The molecule has 3 rings (SSSR count). The topological polar surface area (TPSA) is 13.1 Å². The first-order valence-electron chi connectivity index (χ1n) is 7.97. The third-order valence-corrected chi connectivity index (χ3v) is 5.49. The molecule has 0 N–H and O–H groups in total. The normalized spacial score (nSPS) is 12.6. The summed E-state index contributed by atoms with van der Waals surface area (Å²) in [5.74, 6) is 0. The summed E-state index contributed by atoms with van der Waals surface area (Å²) in [6, 6.07) is 12.9. The summed E-state index contributed by atoms with van der Waals surface area (Å²) in [4.78, 5) is 0. The molecule has 1 heterocycles. The van der Waals surface area contributed by atoms with Gasteiger partial charge in [-0.05, 0) is 66.6 Å². The van der Waals surface area contributed by atoms with Gasteiger partial charge in [-0.2, -0.15) is 0 Å². The zero-order valence-corrected chi connectivity index (χ0v) is 15.6. The predicted octanol–water partition coefficient (Wildman–Crippen LogP) is 6.92. The Labute approximate surface area is 146 Å². The van der Waals surface area contributed by atoms with Crippen molar-refractivity contribution in [2.75, 3.05) is 0 Å². The number of aryl methyl sites for hydroxylation is 2. The van der Waals surface area contributed by atoms with Crippen LogP contribution in [0.3, 0.4) is 0 Å². The van der Waals surface area contributed by atoms with Crippen molar-refractivity contribution in [3.8, 4) is 0 Å². The van der Waals surface area contributed by atoms with Gasteiger partial charge < -0.3 is 4.42 Å². The Morgan fingerprint density at radius 3 is 2.39 bits per heavy atom. The zero-order chi connectivity index (χ0) is 16.6. The molecule has 1 aromatic heterocycles. The second-order valence-corrected chi connectivity index (χ2v) is 6.93. The average Bonchev–Trinajstić information content (AvgIpc) is 2.94. The van der Waals surface area contributed by atoms with Crippen LogP contribution in [0.1, 0.15) is 41.2 Å². The van der Waals surface area contributed by atoms with Gasteiger partial charge in [0.05, 0.1) is 6.26 Å². The molecule has 0 spiro atoms. The van der Waals surface area contributed by atoms with Crippen LogP contribution in [0.15, 0.2) is 51.6 Å². The van der Waals surface area contributed by atoms with Gasteiger partial charge >= 0.3 is 0 Å². The first-order chi connectivity index (χ1) is 11.0. The fourth-order valence-electron chi connectivity index (χ4n) is 3.05. The van der Waals surface area contributed by atoms with E-state index in [1.54, 1.807) is 0 Å². The van der Waals surface area contributed by atoms with E-state index in [1.165, 1.54) is 43.3 Å². The van der Waals surface area contributed by atoms with Crippen LogP contribution in [0, 0.1) is 20.8 Å². The second kappa shape index (κ2) is 6.37. The molecule has 0 bridgehead atoms. The highest BCUT2D eigenvalue weighted by Crippen LogP contribution is 2.38. The molecule has 0 saturated carbocycles. The average molecular weight is 369 g/mol. The van der Waals surface area contributed by atoms with Gasteiger partial charge in [0.25, 0.3) is 0 Å². The fraction of sp³-hybridized carbons (Fsp3) is 0.238. The van der Waals surface area contributed by atoms with Crippen LogP contribution in [0.2, 0.25) is 0 Å². The van der Waals surface area contributed by atoms with E-state index in [2.05, 4.69) is 80.0 Å². The highest BCUT2D eigenvalue weighted by molar-refractivity contribution is 9.11. The zero-order valence-electron chi connectivity index (χ0n) is 14.0. The Hall–Kier alpha value is -1.80. The molecule has 0 aliphatic carbocycles. The number of furan rings is 1. The maximum absolute atomic E-state index is 5.76. The van der Waals surface area contributed by atoms with Crippen LogP contribution in [-0.4, -0.2) is 0 Å². The van der Waals surface area contributed by atoms with E-state index >= 15 is 0 Å². The maximum atomic E-state index is 5.76. The van der Waals surface area contributed by atoms with Crippen molar-refractivity contribution in [1.82, 2.24) is 0 Å². The SMILES string of the molecule is CC/C(Br)=C(/c1ccccc1)c1cc2c(C)coc2c(C)c1C. The molecule has 118 valence electrons. The van der Waals surface area contributed by atoms with Crippen molar-refractivity contribution >= 4 is 32.5 Å². The van der Waals surface area contributed by atoms with Crippen molar-refractivity contribution in [2.45, 2.75) is 34.1 Å². The molecule has 2 aromatic carbocycles. The van der Waals surface area contributed by atoms with E-state index < -0.39 is 0 Å². The van der Waals surface area contributed by atoms with Gasteiger partial charge in [-0.15, -0.1) is 0 Å². The van der Waals surface area contributed by atoms with Gasteiger partial charge in [-0.1, -0.05) is 53.2 Å². The summed E-state index contributed by atoms with van der Waals surface area (Å²) < 4.78 is 6.99. The summed E-state index contributed by atoms with van der Waals surface area (Å²) in [6.45, 7) is 8.61.